The summed E-state index contributed by atoms with van der Waals surface area (Å²) in [4.78, 5) is 21.5. The zero-order valence-electron chi connectivity index (χ0n) is 9.72. The molecule has 1 aromatic rings. The standard InChI is InChI=1S/C12H15N3O3/c13-12(18)15-9-3-1-7(2-4-9)10-5-8(6-14-10)11(16)17/h1-4,8,10,14H,5-6H2,(H,16,17)(H3,13,15,18). The predicted octanol–water partition coefficient (Wildman–Crippen LogP) is 0.912. The zero-order chi connectivity index (χ0) is 13.1. The third kappa shape index (κ3) is 2.78. The molecule has 0 bridgehead atoms. The van der Waals surface area contributed by atoms with Gasteiger partial charge in [-0.3, -0.25) is 4.79 Å². The van der Waals surface area contributed by atoms with Crippen molar-refractivity contribution >= 4 is 17.7 Å². The van der Waals surface area contributed by atoms with E-state index in [4.69, 9.17) is 10.8 Å². The Balaban J connectivity index is 2.02. The first-order chi connectivity index (χ1) is 8.56. The van der Waals surface area contributed by atoms with Gasteiger partial charge < -0.3 is 21.5 Å². The number of hydrogen-bond donors (Lipinski definition) is 4. The van der Waals surface area contributed by atoms with Crippen molar-refractivity contribution in [2.75, 3.05) is 11.9 Å². The quantitative estimate of drug-likeness (QED) is 0.639. The van der Waals surface area contributed by atoms with E-state index in [-0.39, 0.29) is 12.0 Å². The van der Waals surface area contributed by atoms with E-state index >= 15 is 0 Å². The number of nitrogens with one attached hydrogen (secondary N) is 2. The number of benzene rings is 1. The van der Waals surface area contributed by atoms with Crippen LogP contribution in [0.3, 0.4) is 0 Å². The Labute approximate surface area is 104 Å². The fraction of sp³-hybridized carbons (Fsp3) is 0.333. The highest BCUT2D eigenvalue weighted by Gasteiger charge is 2.29. The Morgan fingerprint density at radius 2 is 2.00 bits per heavy atom. The van der Waals surface area contributed by atoms with Crippen molar-refractivity contribution in [3.05, 3.63) is 29.8 Å². The first-order valence-electron chi connectivity index (χ1n) is 5.69. The van der Waals surface area contributed by atoms with Crippen LogP contribution in [0.2, 0.25) is 0 Å². The van der Waals surface area contributed by atoms with Crippen molar-refractivity contribution in [3.8, 4) is 0 Å². The number of amides is 2. The summed E-state index contributed by atoms with van der Waals surface area (Å²) < 4.78 is 0. The summed E-state index contributed by atoms with van der Waals surface area (Å²) in [5.74, 6) is -1.10. The van der Waals surface area contributed by atoms with Gasteiger partial charge in [-0.25, -0.2) is 4.79 Å². The van der Waals surface area contributed by atoms with Crippen LogP contribution in [-0.4, -0.2) is 23.7 Å². The summed E-state index contributed by atoms with van der Waals surface area (Å²) in [7, 11) is 0. The Morgan fingerprint density at radius 3 is 2.50 bits per heavy atom. The number of carboxylic acid groups (broad SMARTS) is 1. The molecule has 2 unspecified atom stereocenters. The first kappa shape index (κ1) is 12.4. The highest BCUT2D eigenvalue weighted by molar-refractivity contribution is 5.87. The molecule has 0 radical (unpaired) electrons. The molecule has 1 aromatic carbocycles. The number of nitrogens with two attached hydrogens (primary N) is 1. The molecule has 2 amide bonds. The van der Waals surface area contributed by atoms with E-state index in [1.807, 2.05) is 12.1 Å². The molecule has 1 fully saturated rings. The summed E-state index contributed by atoms with van der Waals surface area (Å²) in [5.41, 5.74) is 6.64. The summed E-state index contributed by atoms with van der Waals surface area (Å²) in [6.07, 6.45) is 0.581. The van der Waals surface area contributed by atoms with Crippen molar-refractivity contribution in [2.24, 2.45) is 11.7 Å². The maximum absolute atomic E-state index is 10.9. The van der Waals surface area contributed by atoms with Gasteiger partial charge in [0.05, 0.1) is 5.92 Å². The van der Waals surface area contributed by atoms with Crippen molar-refractivity contribution in [3.63, 3.8) is 0 Å². The third-order valence-electron chi connectivity index (χ3n) is 3.06. The van der Waals surface area contributed by atoms with E-state index in [1.54, 1.807) is 12.1 Å². The van der Waals surface area contributed by atoms with Gasteiger partial charge in [0.25, 0.3) is 0 Å². The van der Waals surface area contributed by atoms with Crippen LogP contribution in [0.15, 0.2) is 24.3 Å². The fourth-order valence-electron chi connectivity index (χ4n) is 2.12. The summed E-state index contributed by atoms with van der Waals surface area (Å²) >= 11 is 0. The molecule has 0 aliphatic carbocycles. The molecule has 6 nitrogen and oxygen atoms in total. The van der Waals surface area contributed by atoms with Gasteiger partial charge in [-0.05, 0) is 24.1 Å². The van der Waals surface area contributed by atoms with Crippen molar-refractivity contribution < 1.29 is 14.7 Å². The van der Waals surface area contributed by atoms with Crippen LogP contribution in [0.4, 0.5) is 10.5 Å². The third-order valence-corrected chi connectivity index (χ3v) is 3.06. The number of anilines is 1. The first-order valence-corrected chi connectivity index (χ1v) is 5.69. The fourth-order valence-corrected chi connectivity index (χ4v) is 2.12. The van der Waals surface area contributed by atoms with E-state index < -0.39 is 12.0 Å². The number of primary amides is 1. The second-order valence-corrected chi connectivity index (χ2v) is 4.34. The van der Waals surface area contributed by atoms with Gasteiger partial charge in [0.1, 0.15) is 0 Å². The molecule has 0 aromatic heterocycles. The van der Waals surface area contributed by atoms with Gasteiger partial charge in [-0.15, -0.1) is 0 Å². The molecule has 0 spiro atoms. The SMILES string of the molecule is NC(=O)Nc1ccc(C2CC(C(=O)O)CN2)cc1. The summed E-state index contributed by atoms with van der Waals surface area (Å²) in [5, 5.41) is 14.6. The van der Waals surface area contributed by atoms with Gasteiger partial charge in [0, 0.05) is 18.3 Å². The maximum atomic E-state index is 10.9. The van der Waals surface area contributed by atoms with Crippen LogP contribution < -0.4 is 16.4 Å². The Bertz CT molecular complexity index is 458. The molecule has 1 aliphatic rings. The largest absolute Gasteiger partial charge is 0.481 e. The van der Waals surface area contributed by atoms with Crippen LogP contribution in [0.5, 0.6) is 0 Å². The van der Waals surface area contributed by atoms with Crippen LogP contribution in [0.1, 0.15) is 18.0 Å². The molecule has 6 heteroatoms. The number of rotatable bonds is 3. The molecule has 1 saturated heterocycles. The van der Waals surface area contributed by atoms with E-state index in [0.717, 1.165) is 5.56 Å². The molecule has 18 heavy (non-hydrogen) atoms. The van der Waals surface area contributed by atoms with Gasteiger partial charge in [0.2, 0.25) is 0 Å². The smallest absolute Gasteiger partial charge is 0.316 e. The number of urea groups is 1. The topological polar surface area (TPSA) is 104 Å². The lowest BCUT2D eigenvalue weighted by Gasteiger charge is -2.11. The Hall–Kier alpha value is -2.08. The van der Waals surface area contributed by atoms with Gasteiger partial charge in [-0.2, -0.15) is 0 Å². The molecule has 5 N–H and O–H groups in total. The predicted molar refractivity (Wildman–Crippen MR) is 66.1 cm³/mol. The second kappa shape index (κ2) is 5.05. The van der Waals surface area contributed by atoms with Gasteiger partial charge in [-0.1, -0.05) is 12.1 Å². The van der Waals surface area contributed by atoms with Crippen LogP contribution in [-0.2, 0) is 4.79 Å². The molecular formula is C12H15N3O3. The minimum Gasteiger partial charge on any atom is -0.481 e. The maximum Gasteiger partial charge on any atom is 0.316 e. The van der Waals surface area contributed by atoms with E-state index in [1.165, 1.54) is 0 Å². The lowest BCUT2D eigenvalue weighted by atomic mass is 10.00. The van der Waals surface area contributed by atoms with Crippen LogP contribution >= 0.6 is 0 Å². The molecule has 1 heterocycles. The van der Waals surface area contributed by atoms with E-state index in [0.29, 0.717) is 18.7 Å². The molecule has 1 aliphatic heterocycles. The van der Waals surface area contributed by atoms with Gasteiger partial charge >= 0.3 is 12.0 Å². The van der Waals surface area contributed by atoms with Crippen molar-refractivity contribution in [2.45, 2.75) is 12.5 Å². The number of carboxylic acids is 1. The summed E-state index contributed by atoms with van der Waals surface area (Å²) in [6, 6.07) is 6.65. The number of hydrogen-bond acceptors (Lipinski definition) is 3. The Morgan fingerprint density at radius 1 is 1.33 bits per heavy atom. The zero-order valence-corrected chi connectivity index (χ0v) is 9.72. The lowest BCUT2D eigenvalue weighted by Crippen LogP contribution is -2.19. The monoisotopic (exact) mass is 249 g/mol. The Kier molecular flexibility index (Phi) is 3.47. The minimum atomic E-state index is -0.767. The average molecular weight is 249 g/mol. The number of carbonyl (C=O) groups excluding carboxylic acids is 1. The molecule has 2 atom stereocenters. The van der Waals surface area contributed by atoms with Crippen molar-refractivity contribution in [1.82, 2.24) is 5.32 Å². The molecule has 96 valence electrons. The highest BCUT2D eigenvalue weighted by atomic mass is 16.4. The minimum absolute atomic E-state index is 0.0497. The van der Waals surface area contributed by atoms with Gasteiger partial charge in [0.15, 0.2) is 0 Å². The number of aliphatic carboxylic acids is 1. The van der Waals surface area contributed by atoms with Crippen molar-refractivity contribution in [1.29, 1.82) is 0 Å². The molecule has 0 saturated carbocycles. The summed E-state index contributed by atoms with van der Waals surface area (Å²) in [6.45, 7) is 0.487. The molecule has 2 rings (SSSR count). The highest BCUT2D eigenvalue weighted by Crippen LogP contribution is 2.27. The lowest BCUT2D eigenvalue weighted by molar-refractivity contribution is -0.141. The van der Waals surface area contributed by atoms with E-state index in [9.17, 15) is 9.59 Å². The number of carbonyl (C=O) groups is 2. The normalized spacial score (nSPS) is 22.7. The average Bonchev–Trinajstić information content (AvgIpc) is 2.78. The van der Waals surface area contributed by atoms with Crippen LogP contribution in [0.25, 0.3) is 0 Å². The second-order valence-electron chi connectivity index (χ2n) is 4.34. The van der Waals surface area contributed by atoms with E-state index in [2.05, 4.69) is 10.6 Å². The molecular weight excluding hydrogens is 234 g/mol. The van der Waals surface area contributed by atoms with Crippen LogP contribution in [0, 0.1) is 5.92 Å².